The molecule has 1 unspecified atom stereocenters. The van der Waals surface area contributed by atoms with Crippen molar-refractivity contribution in [2.24, 2.45) is 0 Å². The molecule has 4 aromatic rings. The van der Waals surface area contributed by atoms with E-state index in [0.29, 0.717) is 12.1 Å². The van der Waals surface area contributed by atoms with Gasteiger partial charge in [0, 0.05) is 30.2 Å². The molecular weight excluding hydrogens is 364 g/mol. The molecule has 6 heteroatoms. The lowest BCUT2D eigenvalue weighted by Gasteiger charge is -2.13. The highest BCUT2D eigenvalue weighted by Gasteiger charge is 2.20. The lowest BCUT2D eigenvalue weighted by Crippen LogP contribution is -2.09. The highest BCUT2D eigenvalue weighted by molar-refractivity contribution is 5.94. The Morgan fingerprint density at radius 2 is 2.00 bits per heavy atom. The van der Waals surface area contributed by atoms with Crippen molar-refractivity contribution in [1.29, 1.82) is 0 Å². The first kappa shape index (κ1) is 17.6. The van der Waals surface area contributed by atoms with Gasteiger partial charge in [-0.3, -0.25) is 14.5 Å². The van der Waals surface area contributed by atoms with Gasteiger partial charge in [0.15, 0.2) is 11.4 Å². The molecule has 2 aromatic carbocycles. The summed E-state index contributed by atoms with van der Waals surface area (Å²) < 4.78 is 2.05. The average Bonchev–Trinajstić information content (AvgIpc) is 3.36. The van der Waals surface area contributed by atoms with Gasteiger partial charge in [0.1, 0.15) is 6.23 Å². The van der Waals surface area contributed by atoms with Gasteiger partial charge in [0.25, 0.3) is 0 Å². The molecule has 2 aromatic heterocycles. The SMILES string of the molecule is CC(=O)c1ccc(Nc2ccc(-c3ccc4c(c3)CNC4O)n3ccnc23)cc1. The number of imidazole rings is 1. The lowest BCUT2D eigenvalue weighted by atomic mass is 10.0. The first-order valence-corrected chi connectivity index (χ1v) is 9.49. The quantitative estimate of drug-likeness (QED) is 0.463. The summed E-state index contributed by atoms with van der Waals surface area (Å²) in [4.78, 5) is 16.0. The maximum atomic E-state index is 11.5. The summed E-state index contributed by atoms with van der Waals surface area (Å²) in [5.74, 6) is 0.0496. The molecule has 1 atom stereocenters. The average molecular weight is 384 g/mol. The van der Waals surface area contributed by atoms with Gasteiger partial charge >= 0.3 is 0 Å². The van der Waals surface area contributed by atoms with Crippen molar-refractivity contribution in [2.45, 2.75) is 19.7 Å². The van der Waals surface area contributed by atoms with Crippen LogP contribution in [0, 0.1) is 0 Å². The van der Waals surface area contributed by atoms with Gasteiger partial charge in [-0.25, -0.2) is 4.98 Å². The molecular formula is C23H20N4O2. The number of benzene rings is 2. The third kappa shape index (κ3) is 3.08. The second kappa shape index (κ2) is 6.84. The molecule has 5 rings (SSSR count). The number of rotatable bonds is 4. The zero-order valence-electron chi connectivity index (χ0n) is 15.9. The number of ketones is 1. The number of aliphatic hydroxyl groups is 1. The first-order valence-electron chi connectivity index (χ1n) is 9.49. The predicted molar refractivity (Wildman–Crippen MR) is 112 cm³/mol. The zero-order chi connectivity index (χ0) is 20.0. The van der Waals surface area contributed by atoms with Crippen LogP contribution in [0.2, 0.25) is 0 Å². The number of aromatic nitrogens is 2. The third-order valence-electron chi connectivity index (χ3n) is 5.34. The number of hydrogen-bond acceptors (Lipinski definition) is 5. The molecule has 0 amide bonds. The Labute approximate surface area is 167 Å². The fraction of sp³-hybridized carbons (Fsp3) is 0.130. The van der Waals surface area contributed by atoms with E-state index in [4.69, 9.17) is 0 Å². The van der Waals surface area contributed by atoms with Crippen LogP contribution in [-0.4, -0.2) is 20.3 Å². The van der Waals surface area contributed by atoms with Crippen LogP contribution in [0.5, 0.6) is 0 Å². The molecule has 6 nitrogen and oxygen atoms in total. The Bertz CT molecular complexity index is 1230. The van der Waals surface area contributed by atoms with Crippen LogP contribution < -0.4 is 10.6 Å². The van der Waals surface area contributed by atoms with Gasteiger partial charge in [-0.2, -0.15) is 0 Å². The predicted octanol–water partition coefficient (Wildman–Crippen LogP) is 4.04. The third-order valence-corrected chi connectivity index (χ3v) is 5.34. The molecule has 0 saturated carbocycles. The standard InChI is InChI=1S/C23H20N4O2/c1-14(28)15-2-5-18(6-3-15)26-20-8-9-21(27-11-10-24-22(20)27)16-4-7-19-17(12-16)13-25-23(19)29/h2-12,23,25-26,29H,13H2,1H3. The van der Waals surface area contributed by atoms with Crippen LogP contribution >= 0.6 is 0 Å². The maximum absolute atomic E-state index is 11.5. The molecule has 0 fully saturated rings. The van der Waals surface area contributed by atoms with Crippen molar-refractivity contribution in [2.75, 3.05) is 5.32 Å². The summed E-state index contributed by atoms with van der Waals surface area (Å²) in [5, 5.41) is 16.4. The van der Waals surface area contributed by atoms with Crippen LogP contribution in [0.4, 0.5) is 11.4 Å². The Hall–Kier alpha value is -3.48. The normalized spacial score (nSPS) is 15.4. The highest BCUT2D eigenvalue weighted by atomic mass is 16.3. The lowest BCUT2D eigenvalue weighted by molar-refractivity contribution is 0.101. The summed E-state index contributed by atoms with van der Waals surface area (Å²) in [5.41, 5.74) is 7.42. The number of carbonyl (C=O) groups excluding carboxylic acids is 1. The summed E-state index contributed by atoms with van der Waals surface area (Å²) in [7, 11) is 0. The minimum atomic E-state index is -0.590. The van der Waals surface area contributed by atoms with E-state index < -0.39 is 6.23 Å². The number of nitrogens with zero attached hydrogens (tertiary/aromatic N) is 2. The summed E-state index contributed by atoms with van der Waals surface area (Å²) in [6, 6.07) is 17.6. The largest absolute Gasteiger partial charge is 0.374 e. The van der Waals surface area contributed by atoms with E-state index in [1.165, 1.54) is 0 Å². The van der Waals surface area contributed by atoms with Crippen LogP contribution in [-0.2, 0) is 6.54 Å². The number of Topliss-reactive ketones (excluding diaryl/α,β-unsaturated/α-hetero) is 1. The van der Waals surface area contributed by atoms with Crippen molar-refractivity contribution in [3.63, 3.8) is 0 Å². The van der Waals surface area contributed by atoms with Crippen molar-refractivity contribution in [3.8, 4) is 11.3 Å². The van der Waals surface area contributed by atoms with Gasteiger partial charge in [-0.1, -0.05) is 12.1 Å². The molecule has 1 aliphatic heterocycles. The maximum Gasteiger partial charge on any atom is 0.161 e. The fourth-order valence-corrected chi connectivity index (χ4v) is 3.79. The fourth-order valence-electron chi connectivity index (χ4n) is 3.79. The van der Waals surface area contributed by atoms with Crippen LogP contribution in [0.15, 0.2) is 67.0 Å². The van der Waals surface area contributed by atoms with E-state index in [9.17, 15) is 9.90 Å². The molecule has 29 heavy (non-hydrogen) atoms. The summed E-state index contributed by atoms with van der Waals surface area (Å²) >= 11 is 0. The van der Waals surface area contributed by atoms with Gasteiger partial charge in [-0.15, -0.1) is 0 Å². The van der Waals surface area contributed by atoms with Crippen molar-refractivity contribution < 1.29 is 9.90 Å². The van der Waals surface area contributed by atoms with Crippen LogP contribution in [0.1, 0.15) is 34.6 Å². The second-order valence-electron chi connectivity index (χ2n) is 7.21. The Kier molecular flexibility index (Phi) is 4.16. The second-order valence-corrected chi connectivity index (χ2v) is 7.21. The van der Waals surface area contributed by atoms with E-state index in [1.54, 1.807) is 13.1 Å². The van der Waals surface area contributed by atoms with Crippen molar-refractivity contribution >= 4 is 22.8 Å². The van der Waals surface area contributed by atoms with Gasteiger partial charge < -0.3 is 10.4 Å². The monoisotopic (exact) mass is 384 g/mol. The molecule has 144 valence electrons. The van der Waals surface area contributed by atoms with Gasteiger partial charge in [0.05, 0.1) is 11.4 Å². The molecule has 3 N–H and O–H groups in total. The Balaban J connectivity index is 1.51. The van der Waals surface area contributed by atoms with E-state index in [0.717, 1.165) is 39.4 Å². The summed E-state index contributed by atoms with van der Waals surface area (Å²) in [6.07, 6.45) is 3.13. The number of anilines is 2. The molecule has 0 bridgehead atoms. The number of fused-ring (bicyclic) bond motifs is 2. The number of pyridine rings is 1. The molecule has 0 saturated heterocycles. The molecule has 0 radical (unpaired) electrons. The summed E-state index contributed by atoms with van der Waals surface area (Å²) in [6.45, 7) is 2.22. The number of aliphatic hydroxyl groups excluding tert-OH is 1. The van der Waals surface area contributed by atoms with E-state index in [1.807, 2.05) is 53.1 Å². The van der Waals surface area contributed by atoms with E-state index >= 15 is 0 Å². The van der Waals surface area contributed by atoms with Crippen LogP contribution in [0.25, 0.3) is 16.9 Å². The molecule has 1 aliphatic rings. The number of carbonyl (C=O) groups is 1. The topological polar surface area (TPSA) is 78.7 Å². The Morgan fingerprint density at radius 1 is 1.17 bits per heavy atom. The number of hydrogen-bond donors (Lipinski definition) is 3. The van der Waals surface area contributed by atoms with Gasteiger partial charge in [0.2, 0.25) is 0 Å². The molecule has 3 heterocycles. The smallest absolute Gasteiger partial charge is 0.161 e. The molecule has 0 spiro atoms. The highest BCUT2D eigenvalue weighted by Crippen LogP contribution is 2.31. The van der Waals surface area contributed by atoms with Crippen LogP contribution in [0.3, 0.4) is 0 Å². The van der Waals surface area contributed by atoms with Crippen molar-refractivity contribution in [1.82, 2.24) is 14.7 Å². The molecule has 0 aliphatic carbocycles. The number of nitrogens with one attached hydrogen (secondary N) is 2. The van der Waals surface area contributed by atoms with Gasteiger partial charge in [-0.05, 0) is 66.1 Å². The Morgan fingerprint density at radius 3 is 2.79 bits per heavy atom. The first-order chi connectivity index (χ1) is 14.1. The van der Waals surface area contributed by atoms with Crippen molar-refractivity contribution in [3.05, 3.63) is 83.7 Å². The zero-order valence-corrected chi connectivity index (χ0v) is 15.9. The van der Waals surface area contributed by atoms with E-state index in [-0.39, 0.29) is 5.78 Å². The van der Waals surface area contributed by atoms with E-state index in [2.05, 4.69) is 27.8 Å². The minimum absolute atomic E-state index is 0.0496. The minimum Gasteiger partial charge on any atom is -0.374 e.